The van der Waals surface area contributed by atoms with Gasteiger partial charge in [0.2, 0.25) is 5.91 Å². The summed E-state index contributed by atoms with van der Waals surface area (Å²) < 4.78 is 0. The van der Waals surface area contributed by atoms with E-state index in [4.69, 9.17) is 0 Å². The van der Waals surface area contributed by atoms with E-state index in [1.165, 1.54) is 5.69 Å². The Balaban J connectivity index is 0.00000121. The Hall–Kier alpha value is -0.970. The first kappa shape index (κ1) is 19.1. The molecule has 2 aliphatic heterocycles. The molecule has 0 bridgehead atoms. The smallest absolute Gasteiger partial charge is 0.224 e. The normalized spacial score (nSPS) is 24.1. The quantitative estimate of drug-likeness (QED) is 0.882. The number of anilines is 1. The lowest BCUT2D eigenvalue weighted by Crippen LogP contribution is -2.49. The number of carbonyl (C=O) groups excluding carboxylic acids is 1. The van der Waals surface area contributed by atoms with E-state index >= 15 is 0 Å². The highest BCUT2D eigenvalue weighted by Gasteiger charge is 2.27. The molecule has 2 N–H and O–H groups in total. The van der Waals surface area contributed by atoms with Gasteiger partial charge in [-0.05, 0) is 37.9 Å². The summed E-state index contributed by atoms with van der Waals surface area (Å²) in [5, 5.41) is 6.49. The highest BCUT2D eigenvalue weighted by atomic mass is 35.5. The first-order valence-corrected chi connectivity index (χ1v) is 7.64. The van der Waals surface area contributed by atoms with E-state index in [9.17, 15) is 4.79 Å². The number of halogens is 2. The van der Waals surface area contributed by atoms with Crippen LogP contribution >= 0.6 is 24.8 Å². The summed E-state index contributed by atoms with van der Waals surface area (Å²) in [5.74, 6) is 0.400. The fourth-order valence-electron chi connectivity index (χ4n) is 3.17. The molecule has 0 aromatic heterocycles. The summed E-state index contributed by atoms with van der Waals surface area (Å²) >= 11 is 0. The van der Waals surface area contributed by atoms with Gasteiger partial charge in [-0.1, -0.05) is 18.2 Å². The second-order valence-corrected chi connectivity index (χ2v) is 5.82. The van der Waals surface area contributed by atoms with Gasteiger partial charge < -0.3 is 15.5 Å². The molecular formula is C16H25Cl2N3O. The minimum absolute atomic E-state index is 0. The summed E-state index contributed by atoms with van der Waals surface area (Å²) in [4.78, 5) is 14.6. The predicted octanol–water partition coefficient (Wildman–Crippen LogP) is 2.22. The van der Waals surface area contributed by atoms with Crippen LogP contribution in [0.15, 0.2) is 30.3 Å². The number of carbonyl (C=O) groups is 1. The topological polar surface area (TPSA) is 44.4 Å². The molecule has 4 nitrogen and oxygen atoms in total. The fraction of sp³-hybridized carbons (Fsp3) is 0.562. The predicted molar refractivity (Wildman–Crippen MR) is 95.3 cm³/mol. The van der Waals surface area contributed by atoms with Gasteiger partial charge in [0.15, 0.2) is 0 Å². The third-order valence-corrected chi connectivity index (χ3v) is 4.32. The van der Waals surface area contributed by atoms with Crippen molar-refractivity contribution >= 4 is 36.4 Å². The molecule has 1 amide bonds. The minimum Gasteiger partial charge on any atom is -0.369 e. The first-order valence-electron chi connectivity index (χ1n) is 7.64. The van der Waals surface area contributed by atoms with Gasteiger partial charge >= 0.3 is 0 Å². The summed E-state index contributed by atoms with van der Waals surface area (Å²) in [5.41, 5.74) is 1.26. The summed E-state index contributed by atoms with van der Waals surface area (Å²) in [6.07, 6.45) is 3.21. The lowest BCUT2D eigenvalue weighted by atomic mass is 10.0. The van der Waals surface area contributed by atoms with Crippen LogP contribution < -0.4 is 15.5 Å². The van der Waals surface area contributed by atoms with Crippen LogP contribution in [0.3, 0.4) is 0 Å². The Morgan fingerprint density at radius 1 is 1.18 bits per heavy atom. The van der Waals surface area contributed by atoms with E-state index in [1.54, 1.807) is 0 Å². The number of nitrogens with one attached hydrogen (secondary N) is 2. The van der Waals surface area contributed by atoms with Crippen molar-refractivity contribution in [3.05, 3.63) is 30.3 Å². The van der Waals surface area contributed by atoms with Gasteiger partial charge in [-0.15, -0.1) is 24.8 Å². The van der Waals surface area contributed by atoms with Gasteiger partial charge in [-0.2, -0.15) is 0 Å². The van der Waals surface area contributed by atoms with Crippen LogP contribution in [0.5, 0.6) is 0 Å². The minimum atomic E-state index is 0. The monoisotopic (exact) mass is 345 g/mol. The van der Waals surface area contributed by atoms with Crippen molar-refractivity contribution in [2.75, 3.05) is 31.1 Å². The van der Waals surface area contributed by atoms with Crippen molar-refractivity contribution in [3.63, 3.8) is 0 Å². The van der Waals surface area contributed by atoms with Crippen LogP contribution in [0, 0.1) is 5.92 Å². The molecule has 0 saturated carbocycles. The van der Waals surface area contributed by atoms with Crippen molar-refractivity contribution in [1.29, 1.82) is 0 Å². The Labute approximate surface area is 144 Å². The number of hydrogen-bond donors (Lipinski definition) is 2. The third kappa shape index (κ3) is 4.77. The van der Waals surface area contributed by atoms with E-state index in [0.29, 0.717) is 0 Å². The van der Waals surface area contributed by atoms with Crippen LogP contribution in [-0.4, -0.2) is 38.1 Å². The van der Waals surface area contributed by atoms with Crippen molar-refractivity contribution < 1.29 is 4.79 Å². The maximum atomic E-state index is 12.2. The van der Waals surface area contributed by atoms with Gasteiger partial charge in [0.1, 0.15) is 0 Å². The molecule has 2 unspecified atom stereocenters. The molecule has 3 rings (SSSR count). The van der Waals surface area contributed by atoms with Gasteiger partial charge in [-0.25, -0.2) is 0 Å². The molecule has 0 radical (unpaired) electrons. The molecule has 1 aromatic carbocycles. The molecule has 0 spiro atoms. The molecule has 6 heteroatoms. The third-order valence-electron chi connectivity index (χ3n) is 4.32. The lowest BCUT2D eigenvalue weighted by molar-refractivity contribution is -0.125. The Bertz CT molecular complexity index is 452. The zero-order valence-corrected chi connectivity index (χ0v) is 14.3. The van der Waals surface area contributed by atoms with Crippen molar-refractivity contribution in [1.82, 2.24) is 10.6 Å². The number of benzene rings is 1. The molecule has 2 fully saturated rings. The molecule has 124 valence electrons. The average Bonchev–Trinajstić information content (AvgIpc) is 3.03. The molecular weight excluding hydrogens is 321 g/mol. The highest BCUT2D eigenvalue weighted by Crippen LogP contribution is 2.20. The van der Waals surface area contributed by atoms with Crippen LogP contribution in [0.4, 0.5) is 5.69 Å². The number of rotatable bonds is 3. The van der Waals surface area contributed by atoms with Crippen LogP contribution in [0.1, 0.15) is 19.3 Å². The molecule has 0 aliphatic carbocycles. The van der Waals surface area contributed by atoms with Crippen molar-refractivity contribution in [2.24, 2.45) is 5.92 Å². The Kier molecular flexibility index (Phi) is 8.01. The number of piperidine rings is 1. The van der Waals surface area contributed by atoms with Crippen LogP contribution in [-0.2, 0) is 4.79 Å². The number of para-hydroxylation sites is 1. The fourth-order valence-corrected chi connectivity index (χ4v) is 3.17. The van der Waals surface area contributed by atoms with Crippen molar-refractivity contribution in [3.8, 4) is 0 Å². The Morgan fingerprint density at radius 3 is 2.64 bits per heavy atom. The average molecular weight is 346 g/mol. The van der Waals surface area contributed by atoms with Gasteiger partial charge in [-0.3, -0.25) is 4.79 Å². The van der Waals surface area contributed by atoms with Crippen molar-refractivity contribution in [2.45, 2.75) is 25.3 Å². The summed E-state index contributed by atoms with van der Waals surface area (Å²) in [6.45, 7) is 3.82. The Morgan fingerprint density at radius 2 is 1.95 bits per heavy atom. The lowest BCUT2D eigenvalue weighted by Gasteiger charge is -2.35. The SMILES string of the molecule is Cl.Cl.O=C(NC1CCCN(c2ccccc2)C1)C1CCNC1. The molecule has 2 atom stereocenters. The standard InChI is InChI=1S/C16H23N3O.2ClH/c20-16(13-8-9-17-11-13)18-14-5-4-10-19(12-14)15-6-2-1-3-7-15;;/h1-3,6-7,13-14,17H,4-5,8-12H2,(H,18,20);2*1H. The highest BCUT2D eigenvalue weighted by molar-refractivity contribution is 5.85. The van der Waals surface area contributed by atoms with Gasteiger partial charge in [0.05, 0.1) is 5.92 Å². The van der Waals surface area contributed by atoms with Crippen LogP contribution in [0.25, 0.3) is 0 Å². The zero-order valence-electron chi connectivity index (χ0n) is 12.7. The second kappa shape index (κ2) is 9.23. The molecule has 22 heavy (non-hydrogen) atoms. The second-order valence-electron chi connectivity index (χ2n) is 5.82. The summed E-state index contributed by atoms with van der Waals surface area (Å²) in [7, 11) is 0. The van der Waals surface area contributed by atoms with E-state index in [0.717, 1.165) is 45.4 Å². The van der Waals surface area contributed by atoms with E-state index in [1.807, 2.05) is 6.07 Å². The zero-order chi connectivity index (χ0) is 13.8. The maximum Gasteiger partial charge on any atom is 0.224 e. The first-order chi connectivity index (χ1) is 9.83. The molecule has 2 aliphatic rings. The number of amides is 1. The van der Waals surface area contributed by atoms with E-state index < -0.39 is 0 Å². The van der Waals surface area contributed by atoms with Crippen LogP contribution in [0.2, 0.25) is 0 Å². The van der Waals surface area contributed by atoms with E-state index in [-0.39, 0.29) is 42.7 Å². The van der Waals surface area contributed by atoms with Gasteiger partial charge in [0, 0.05) is 31.4 Å². The number of nitrogens with zero attached hydrogens (tertiary/aromatic N) is 1. The van der Waals surface area contributed by atoms with E-state index in [2.05, 4.69) is 39.8 Å². The maximum absolute atomic E-state index is 12.2. The molecule has 1 aromatic rings. The number of hydrogen-bond acceptors (Lipinski definition) is 3. The summed E-state index contributed by atoms with van der Waals surface area (Å²) in [6, 6.07) is 10.8. The molecule has 2 heterocycles. The van der Waals surface area contributed by atoms with Gasteiger partial charge in [0.25, 0.3) is 0 Å². The molecule has 2 saturated heterocycles. The largest absolute Gasteiger partial charge is 0.369 e.